The van der Waals surface area contributed by atoms with E-state index >= 15 is 0 Å². The Morgan fingerprint density at radius 3 is 2.25 bits per heavy atom. The van der Waals surface area contributed by atoms with Crippen LogP contribution < -0.4 is 5.32 Å². The summed E-state index contributed by atoms with van der Waals surface area (Å²) in [4.78, 5) is 24.0. The van der Waals surface area contributed by atoms with Crippen molar-refractivity contribution in [1.82, 2.24) is 5.32 Å². The van der Waals surface area contributed by atoms with Crippen LogP contribution in [0.4, 0.5) is 0 Å². The number of benzene rings is 2. The molecule has 0 bridgehead atoms. The first-order valence-corrected chi connectivity index (χ1v) is 8.23. The van der Waals surface area contributed by atoms with Gasteiger partial charge in [-0.3, -0.25) is 9.59 Å². The van der Waals surface area contributed by atoms with Gasteiger partial charge in [-0.1, -0.05) is 67.6 Å². The summed E-state index contributed by atoms with van der Waals surface area (Å²) in [5, 5.41) is 2.77. The van der Waals surface area contributed by atoms with E-state index in [-0.39, 0.29) is 24.4 Å². The van der Waals surface area contributed by atoms with E-state index in [1.807, 2.05) is 67.6 Å². The first-order chi connectivity index (χ1) is 11.7. The van der Waals surface area contributed by atoms with Gasteiger partial charge in [-0.25, -0.2) is 0 Å². The van der Waals surface area contributed by atoms with Crippen LogP contribution in [0.5, 0.6) is 0 Å². The molecule has 0 saturated carbocycles. The van der Waals surface area contributed by atoms with Gasteiger partial charge in [0.05, 0.1) is 5.92 Å². The molecule has 24 heavy (non-hydrogen) atoms. The highest BCUT2D eigenvalue weighted by Crippen LogP contribution is 2.20. The maximum atomic E-state index is 12.2. The molecular weight excluding hydrogens is 302 g/mol. The molecule has 4 heteroatoms. The molecule has 0 aliphatic heterocycles. The first-order valence-electron chi connectivity index (χ1n) is 8.23. The number of hydrogen-bond acceptors (Lipinski definition) is 3. The second-order valence-electron chi connectivity index (χ2n) is 5.56. The van der Waals surface area contributed by atoms with Gasteiger partial charge in [0.1, 0.15) is 0 Å². The molecule has 2 aromatic rings. The average molecular weight is 325 g/mol. The molecule has 0 aliphatic carbocycles. The lowest BCUT2D eigenvalue weighted by Crippen LogP contribution is -2.31. The predicted octanol–water partition coefficient (Wildman–Crippen LogP) is 3.08. The van der Waals surface area contributed by atoms with Gasteiger partial charge in [0.2, 0.25) is 0 Å². The van der Waals surface area contributed by atoms with E-state index in [4.69, 9.17) is 4.74 Å². The molecule has 0 aliphatic rings. The number of rotatable bonds is 8. The van der Waals surface area contributed by atoms with Crippen LogP contribution in [0.2, 0.25) is 0 Å². The maximum absolute atomic E-state index is 12.2. The number of hydrogen-bond donors (Lipinski definition) is 1. The zero-order valence-electron chi connectivity index (χ0n) is 13.9. The minimum Gasteiger partial charge on any atom is -0.455 e. The minimum atomic E-state index is -0.359. The predicted molar refractivity (Wildman–Crippen MR) is 93.6 cm³/mol. The lowest BCUT2D eigenvalue weighted by molar-refractivity contribution is -0.150. The number of esters is 1. The van der Waals surface area contributed by atoms with Gasteiger partial charge in [0.15, 0.2) is 6.61 Å². The first kappa shape index (κ1) is 17.7. The van der Waals surface area contributed by atoms with Gasteiger partial charge >= 0.3 is 5.97 Å². The number of ether oxygens (including phenoxy) is 1. The van der Waals surface area contributed by atoms with E-state index in [1.54, 1.807) is 0 Å². The molecule has 2 aromatic carbocycles. The van der Waals surface area contributed by atoms with Crippen molar-refractivity contribution in [2.24, 2.45) is 0 Å². The van der Waals surface area contributed by atoms with Gasteiger partial charge in [-0.2, -0.15) is 0 Å². The van der Waals surface area contributed by atoms with E-state index in [2.05, 4.69) is 5.32 Å². The average Bonchev–Trinajstić information content (AvgIpc) is 2.62. The fourth-order valence-corrected chi connectivity index (χ4v) is 2.50. The lowest BCUT2D eigenvalue weighted by Gasteiger charge is -2.14. The molecular formula is C20H23NO3. The molecule has 0 aromatic heterocycles. The summed E-state index contributed by atoms with van der Waals surface area (Å²) < 4.78 is 5.16. The second kappa shape index (κ2) is 9.50. The van der Waals surface area contributed by atoms with E-state index in [0.717, 1.165) is 17.5 Å². The van der Waals surface area contributed by atoms with Crippen LogP contribution in [-0.2, 0) is 20.7 Å². The van der Waals surface area contributed by atoms with Crippen LogP contribution in [0.25, 0.3) is 0 Å². The number of carbonyl (C=O) groups is 2. The standard InChI is InChI=1S/C20H23NO3/c1-2-18(17-11-7-4-8-12-17)20(23)24-15-19(22)21-14-13-16-9-5-3-6-10-16/h3-12,18H,2,13-15H2,1H3,(H,21,22)/t18-/m0/s1. The van der Waals surface area contributed by atoms with Gasteiger partial charge in [0, 0.05) is 6.54 Å². The van der Waals surface area contributed by atoms with Crippen molar-refractivity contribution >= 4 is 11.9 Å². The lowest BCUT2D eigenvalue weighted by atomic mass is 9.97. The van der Waals surface area contributed by atoms with E-state index in [9.17, 15) is 9.59 Å². The Kier molecular flexibility index (Phi) is 7.02. The van der Waals surface area contributed by atoms with Crippen LogP contribution in [0.15, 0.2) is 60.7 Å². The molecule has 0 saturated heterocycles. The smallest absolute Gasteiger partial charge is 0.313 e. The summed E-state index contributed by atoms with van der Waals surface area (Å²) >= 11 is 0. The molecule has 1 amide bonds. The van der Waals surface area contributed by atoms with Gasteiger partial charge in [-0.05, 0) is 24.0 Å². The molecule has 0 fully saturated rings. The van der Waals surface area contributed by atoms with Crippen LogP contribution in [0.3, 0.4) is 0 Å². The van der Waals surface area contributed by atoms with Crippen molar-refractivity contribution in [2.75, 3.05) is 13.2 Å². The van der Waals surface area contributed by atoms with Crippen molar-refractivity contribution < 1.29 is 14.3 Å². The zero-order valence-corrected chi connectivity index (χ0v) is 13.9. The van der Waals surface area contributed by atoms with Crippen molar-refractivity contribution in [3.63, 3.8) is 0 Å². The fourth-order valence-electron chi connectivity index (χ4n) is 2.50. The molecule has 4 nitrogen and oxygen atoms in total. The van der Waals surface area contributed by atoms with Crippen molar-refractivity contribution in [2.45, 2.75) is 25.7 Å². The largest absolute Gasteiger partial charge is 0.455 e. The van der Waals surface area contributed by atoms with E-state index in [0.29, 0.717) is 13.0 Å². The van der Waals surface area contributed by atoms with Gasteiger partial charge in [-0.15, -0.1) is 0 Å². The van der Waals surface area contributed by atoms with Gasteiger partial charge in [0.25, 0.3) is 5.91 Å². The SMILES string of the molecule is CC[C@H](C(=O)OCC(=O)NCCc1ccccc1)c1ccccc1. The normalized spacial score (nSPS) is 11.5. The zero-order chi connectivity index (χ0) is 17.2. The molecule has 0 radical (unpaired) electrons. The Morgan fingerprint density at radius 1 is 1.00 bits per heavy atom. The third-order valence-corrected chi connectivity index (χ3v) is 3.82. The molecule has 0 unspecified atom stereocenters. The second-order valence-corrected chi connectivity index (χ2v) is 5.56. The Morgan fingerprint density at radius 2 is 1.62 bits per heavy atom. The fraction of sp³-hybridized carbons (Fsp3) is 0.300. The Balaban J connectivity index is 1.73. The highest BCUT2D eigenvalue weighted by Gasteiger charge is 2.20. The molecule has 0 spiro atoms. The molecule has 2 rings (SSSR count). The molecule has 126 valence electrons. The van der Waals surface area contributed by atoms with E-state index < -0.39 is 0 Å². The third-order valence-electron chi connectivity index (χ3n) is 3.82. The monoisotopic (exact) mass is 325 g/mol. The Labute approximate surface area is 142 Å². The number of carbonyl (C=O) groups excluding carboxylic acids is 2. The third kappa shape index (κ3) is 5.54. The summed E-state index contributed by atoms with van der Waals surface area (Å²) in [6.45, 7) is 2.21. The quantitative estimate of drug-likeness (QED) is 0.759. The minimum absolute atomic E-state index is 0.239. The Hall–Kier alpha value is -2.62. The molecule has 1 N–H and O–H groups in total. The summed E-state index contributed by atoms with van der Waals surface area (Å²) in [5.74, 6) is -0.965. The van der Waals surface area contributed by atoms with E-state index in [1.165, 1.54) is 0 Å². The molecule has 1 atom stereocenters. The van der Waals surface area contributed by atoms with Crippen molar-refractivity contribution in [1.29, 1.82) is 0 Å². The van der Waals surface area contributed by atoms with Crippen LogP contribution in [0, 0.1) is 0 Å². The summed E-state index contributed by atoms with van der Waals surface area (Å²) in [6.07, 6.45) is 1.39. The highest BCUT2D eigenvalue weighted by molar-refractivity contribution is 5.83. The highest BCUT2D eigenvalue weighted by atomic mass is 16.5. The topological polar surface area (TPSA) is 55.4 Å². The van der Waals surface area contributed by atoms with Crippen molar-refractivity contribution in [3.05, 3.63) is 71.8 Å². The van der Waals surface area contributed by atoms with Crippen LogP contribution in [-0.4, -0.2) is 25.0 Å². The van der Waals surface area contributed by atoms with Gasteiger partial charge < -0.3 is 10.1 Å². The maximum Gasteiger partial charge on any atom is 0.313 e. The molecule has 0 heterocycles. The summed E-state index contributed by atoms with van der Waals surface area (Å²) in [5.41, 5.74) is 2.07. The van der Waals surface area contributed by atoms with Crippen molar-refractivity contribution in [3.8, 4) is 0 Å². The summed E-state index contributed by atoms with van der Waals surface area (Å²) in [7, 11) is 0. The number of nitrogens with one attached hydrogen (secondary N) is 1. The van der Waals surface area contributed by atoms with Crippen LogP contribution >= 0.6 is 0 Å². The summed E-state index contributed by atoms with van der Waals surface area (Å²) in [6, 6.07) is 19.4. The Bertz CT molecular complexity index is 640. The van der Waals surface area contributed by atoms with Crippen LogP contribution in [0.1, 0.15) is 30.4 Å². The number of amides is 1.